The van der Waals surface area contributed by atoms with E-state index < -0.39 is 34.8 Å². The number of nitrogens with one attached hydrogen (secondary N) is 1. The molecule has 0 unspecified atom stereocenters. The molecule has 1 N–H and O–H groups in total. The van der Waals surface area contributed by atoms with E-state index in [0.29, 0.717) is 27.9 Å². The van der Waals surface area contributed by atoms with Crippen LogP contribution in [-0.2, 0) is 33.5 Å². The van der Waals surface area contributed by atoms with Gasteiger partial charge >= 0.3 is 18.2 Å². The third kappa shape index (κ3) is 5.47. The van der Waals surface area contributed by atoms with E-state index in [1.807, 2.05) is 0 Å². The van der Waals surface area contributed by atoms with E-state index in [9.17, 15) is 27.6 Å². The number of ether oxygens (including phenoxy) is 1. The first-order valence-corrected chi connectivity index (χ1v) is 12.1. The van der Waals surface area contributed by atoms with Gasteiger partial charge in [0.25, 0.3) is 5.91 Å². The second-order valence-corrected chi connectivity index (χ2v) is 9.64. The molecule has 8 nitrogen and oxygen atoms in total. The lowest BCUT2D eigenvalue weighted by Gasteiger charge is -2.28. The summed E-state index contributed by atoms with van der Waals surface area (Å²) in [5.74, 6) is -1.05. The van der Waals surface area contributed by atoms with Crippen LogP contribution in [0.3, 0.4) is 0 Å². The molecule has 0 spiro atoms. The number of nitrogens with zero attached hydrogens (tertiary/aromatic N) is 3. The smallest absolute Gasteiger partial charge is 0.417 e. The van der Waals surface area contributed by atoms with Gasteiger partial charge in [0.1, 0.15) is 5.54 Å². The van der Waals surface area contributed by atoms with Gasteiger partial charge in [-0.25, -0.2) is 9.69 Å². The van der Waals surface area contributed by atoms with Gasteiger partial charge in [-0.1, -0.05) is 30.3 Å². The summed E-state index contributed by atoms with van der Waals surface area (Å²) in [6.07, 6.45) is -4.71. The fourth-order valence-electron chi connectivity index (χ4n) is 4.38. The minimum absolute atomic E-state index is 0.0138. The summed E-state index contributed by atoms with van der Waals surface area (Å²) in [4.78, 5) is 40.3. The van der Waals surface area contributed by atoms with E-state index in [1.165, 1.54) is 31.9 Å². The normalized spacial score (nSPS) is 14.7. The van der Waals surface area contributed by atoms with Crippen molar-refractivity contribution in [3.8, 4) is 6.07 Å². The number of benzene rings is 3. The zero-order valence-electron chi connectivity index (χ0n) is 21.9. The second-order valence-electron chi connectivity index (χ2n) is 9.64. The average molecular weight is 551 g/mol. The Hall–Kier alpha value is -4.85. The lowest BCUT2D eigenvalue weighted by atomic mass is 10.0. The van der Waals surface area contributed by atoms with Crippen molar-refractivity contribution in [1.29, 1.82) is 5.26 Å². The summed E-state index contributed by atoms with van der Waals surface area (Å²) in [5.41, 5.74) is -0.681. The number of amides is 3. The molecule has 40 heavy (non-hydrogen) atoms. The van der Waals surface area contributed by atoms with Gasteiger partial charge in [0.05, 0.1) is 43.0 Å². The van der Waals surface area contributed by atoms with E-state index in [-0.39, 0.29) is 24.6 Å². The molecule has 3 amide bonds. The molecular weight excluding hydrogens is 525 g/mol. The molecule has 1 aliphatic rings. The summed E-state index contributed by atoms with van der Waals surface area (Å²) in [6.45, 7) is 3.04. The molecule has 1 aliphatic heterocycles. The Kier molecular flexibility index (Phi) is 7.55. The Labute approximate surface area is 228 Å². The van der Waals surface area contributed by atoms with Crippen molar-refractivity contribution in [1.82, 2.24) is 4.90 Å². The fourth-order valence-corrected chi connectivity index (χ4v) is 4.38. The average Bonchev–Trinajstić information content (AvgIpc) is 3.08. The van der Waals surface area contributed by atoms with E-state index in [0.717, 1.165) is 17.7 Å². The van der Waals surface area contributed by atoms with Gasteiger partial charge in [0, 0.05) is 11.4 Å². The number of esters is 1. The maximum absolute atomic E-state index is 13.6. The number of urea groups is 1. The molecule has 0 aliphatic carbocycles. The standard InChI is InChI=1S/C29H25F3N4O4/c1-28(2)26(38)36(22-13-10-19(16-33)23(15-22)29(30,31)32)27(39)35(28)17-20-6-4-5-7-24(20)34-21-11-8-18(9-12-21)14-25(37)40-3/h4-13,15,34H,14,17H2,1-3H3. The zero-order chi connectivity index (χ0) is 29.2. The van der Waals surface area contributed by atoms with E-state index in [4.69, 9.17) is 5.26 Å². The Morgan fingerprint density at radius 2 is 1.73 bits per heavy atom. The number of hydrogen-bond donors (Lipinski definition) is 1. The summed E-state index contributed by atoms with van der Waals surface area (Å²) in [6, 6.07) is 17.7. The molecule has 0 bridgehead atoms. The number of halogens is 3. The Morgan fingerprint density at radius 1 is 1.05 bits per heavy atom. The second kappa shape index (κ2) is 10.7. The van der Waals surface area contributed by atoms with Gasteiger partial charge in [0.15, 0.2) is 0 Å². The van der Waals surface area contributed by atoms with Crippen molar-refractivity contribution in [3.05, 3.63) is 89.0 Å². The highest BCUT2D eigenvalue weighted by Crippen LogP contribution is 2.38. The third-order valence-corrected chi connectivity index (χ3v) is 6.67. The molecule has 206 valence electrons. The van der Waals surface area contributed by atoms with Crippen molar-refractivity contribution >= 4 is 35.0 Å². The van der Waals surface area contributed by atoms with Crippen molar-refractivity contribution < 1.29 is 32.3 Å². The Bertz CT molecular complexity index is 1510. The van der Waals surface area contributed by atoms with Gasteiger partial charge in [-0.3, -0.25) is 9.59 Å². The van der Waals surface area contributed by atoms with Crippen molar-refractivity contribution in [2.75, 3.05) is 17.3 Å². The highest BCUT2D eigenvalue weighted by atomic mass is 19.4. The first kappa shape index (κ1) is 28.2. The predicted molar refractivity (Wildman–Crippen MR) is 141 cm³/mol. The van der Waals surface area contributed by atoms with E-state index in [1.54, 1.807) is 48.5 Å². The molecule has 3 aromatic rings. The quantitative estimate of drug-likeness (QED) is 0.295. The van der Waals surface area contributed by atoms with Gasteiger partial charge in [-0.2, -0.15) is 18.4 Å². The van der Waals surface area contributed by atoms with Crippen LogP contribution in [0.15, 0.2) is 66.7 Å². The minimum atomic E-state index is -4.84. The fraction of sp³-hybridized carbons (Fsp3) is 0.241. The van der Waals surface area contributed by atoms with Crippen LogP contribution < -0.4 is 10.2 Å². The number of carbonyl (C=O) groups excluding carboxylic acids is 3. The van der Waals surface area contributed by atoms with Gasteiger partial charge in [-0.15, -0.1) is 0 Å². The molecule has 4 rings (SSSR count). The number of nitriles is 1. The van der Waals surface area contributed by atoms with Crippen LogP contribution in [0, 0.1) is 11.3 Å². The van der Waals surface area contributed by atoms with Crippen molar-refractivity contribution in [3.63, 3.8) is 0 Å². The molecule has 3 aromatic carbocycles. The van der Waals surface area contributed by atoms with Crippen LogP contribution in [0.2, 0.25) is 0 Å². The maximum atomic E-state index is 13.6. The van der Waals surface area contributed by atoms with Crippen LogP contribution in [0.25, 0.3) is 0 Å². The topological polar surface area (TPSA) is 103 Å². The first-order chi connectivity index (χ1) is 18.9. The molecule has 1 saturated heterocycles. The van der Waals surface area contributed by atoms with Crippen LogP contribution in [0.5, 0.6) is 0 Å². The summed E-state index contributed by atoms with van der Waals surface area (Å²) < 4.78 is 45.3. The number of alkyl halides is 3. The molecule has 0 saturated carbocycles. The largest absolute Gasteiger partial charge is 0.469 e. The van der Waals surface area contributed by atoms with Crippen LogP contribution in [0.1, 0.15) is 36.1 Å². The number of anilines is 3. The SMILES string of the molecule is COC(=O)Cc1ccc(Nc2ccccc2CN2C(=O)N(c3ccc(C#N)c(C(F)(F)F)c3)C(=O)C2(C)C)cc1. The zero-order valence-corrected chi connectivity index (χ0v) is 21.9. The molecule has 0 atom stereocenters. The molecule has 0 aromatic heterocycles. The third-order valence-electron chi connectivity index (χ3n) is 6.67. The van der Waals surface area contributed by atoms with Crippen LogP contribution >= 0.6 is 0 Å². The molecule has 1 heterocycles. The lowest BCUT2D eigenvalue weighted by molar-refractivity contribution is -0.140. The van der Waals surface area contributed by atoms with Crippen molar-refractivity contribution in [2.45, 2.75) is 38.5 Å². The summed E-state index contributed by atoms with van der Waals surface area (Å²) in [7, 11) is 1.32. The van der Waals surface area contributed by atoms with E-state index >= 15 is 0 Å². The number of hydrogen-bond acceptors (Lipinski definition) is 6. The number of carbonyl (C=O) groups is 3. The number of rotatable bonds is 7. The number of methoxy groups -OCH3 is 1. The number of imide groups is 1. The van der Waals surface area contributed by atoms with Gasteiger partial charge in [0.2, 0.25) is 0 Å². The highest BCUT2D eigenvalue weighted by molar-refractivity contribution is 6.23. The molecule has 1 fully saturated rings. The van der Waals surface area contributed by atoms with E-state index in [2.05, 4.69) is 10.1 Å². The minimum Gasteiger partial charge on any atom is -0.469 e. The molecule has 11 heteroatoms. The summed E-state index contributed by atoms with van der Waals surface area (Å²) >= 11 is 0. The Balaban J connectivity index is 1.61. The lowest BCUT2D eigenvalue weighted by Crippen LogP contribution is -2.43. The monoisotopic (exact) mass is 550 g/mol. The number of para-hydroxylation sites is 1. The summed E-state index contributed by atoms with van der Waals surface area (Å²) in [5, 5.41) is 12.4. The van der Waals surface area contributed by atoms with Crippen LogP contribution in [0.4, 0.5) is 35.0 Å². The predicted octanol–water partition coefficient (Wildman–Crippen LogP) is 5.78. The maximum Gasteiger partial charge on any atom is 0.417 e. The van der Waals surface area contributed by atoms with Gasteiger partial charge < -0.3 is 15.0 Å². The molecule has 0 radical (unpaired) electrons. The molecular formula is C29H25F3N4O4. The van der Waals surface area contributed by atoms with Crippen LogP contribution in [-0.4, -0.2) is 35.5 Å². The Morgan fingerprint density at radius 3 is 2.35 bits per heavy atom. The van der Waals surface area contributed by atoms with Gasteiger partial charge in [-0.05, 0) is 61.4 Å². The first-order valence-electron chi connectivity index (χ1n) is 12.1. The highest BCUT2D eigenvalue weighted by Gasteiger charge is 2.52. The van der Waals surface area contributed by atoms with Crippen molar-refractivity contribution in [2.24, 2.45) is 0 Å².